The molecule has 0 aliphatic heterocycles. The molecule has 0 saturated carbocycles. The van der Waals surface area contributed by atoms with Crippen molar-refractivity contribution in [2.45, 2.75) is 24.5 Å². The Hall–Kier alpha value is -1.66. The quantitative estimate of drug-likeness (QED) is 0.778. The number of hydrogen-bond donors (Lipinski definition) is 0. The first-order valence-corrected chi connectivity index (χ1v) is 11.5. The average molecular weight is 323 g/mol. The molecule has 3 nitrogen and oxygen atoms in total. The van der Waals surface area contributed by atoms with Gasteiger partial charge in [0.15, 0.2) is 8.24 Å². The molecule has 0 spiro atoms. The zero-order valence-electron chi connectivity index (χ0n) is 12.2. The van der Waals surface area contributed by atoms with Crippen molar-refractivity contribution >= 4 is 18.2 Å². The minimum Gasteiger partial charge on any atom is -0.393 e. The normalized spacial score (nSPS) is 14.3. The van der Waals surface area contributed by atoms with Crippen molar-refractivity contribution in [3.8, 4) is 5.75 Å². The fraction of sp³-hybridized carbons (Fsp3) is 0.200. The summed E-state index contributed by atoms with van der Waals surface area (Å²) < 4.78 is 36.4. The summed E-state index contributed by atoms with van der Waals surface area (Å²) in [5.74, 6) is 0.0991. The minimum atomic E-state index is -3.08. The van der Waals surface area contributed by atoms with Gasteiger partial charge in [-0.25, -0.2) is 12.6 Å². The first-order chi connectivity index (χ1) is 9.78. The summed E-state index contributed by atoms with van der Waals surface area (Å²) in [6.45, 7) is 5.93. The topological polar surface area (TPSA) is 38.7 Å². The average Bonchev–Trinajstić information content (AvgIpc) is 2.38. The second kappa shape index (κ2) is 5.99. The zero-order valence-corrected chi connectivity index (χ0v) is 14.1. The molecule has 6 heteroatoms. The number of halogens is 1. The molecule has 2 aromatic carbocycles. The maximum atomic E-state index is 13.2. The van der Waals surface area contributed by atoms with Crippen LogP contribution in [0.25, 0.3) is 0 Å². The van der Waals surface area contributed by atoms with Gasteiger partial charge >= 0.3 is 0 Å². The maximum Gasteiger partial charge on any atom is 0.227 e. The summed E-state index contributed by atoms with van der Waals surface area (Å²) >= 11 is 0. The van der Waals surface area contributed by atoms with Crippen LogP contribution in [0.2, 0.25) is 19.6 Å². The van der Waals surface area contributed by atoms with Gasteiger partial charge in [-0.1, -0.05) is 18.2 Å². The van der Waals surface area contributed by atoms with Crippen LogP contribution < -0.4 is 4.18 Å². The summed E-state index contributed by atoms with van der Waals surface area (Å²) in [4.78, 5) is 0.384. The highest BCUT2D eigenvalue weighted by Crippen LogP contribution is 2.23. The Morgan fingerprint density at radius 1 is 1.00 bits per heavy atom. The molecule has 21 heavy (non-hydrogen) atoms. The van der Waals surface area contributed by atoms with Crippen LogP contribution in [0.1, 0.15) is 0 Å². The molecule has 0 bridgehead atoms. The summed E-state index contributed by atoms with van der Waals surface area (Å²) in [5, 5.41) is 0. The highest BCUT2D eigenvalue weighted by atomic mass is 32.2. The molecule has 0 saturated heterocycles. The van der Waals surface area contributed by atoms with Gasteiger partial charge in [-0.3, -0.25) is 0 Å². The largest absolute Gasteiger partial charge is 0.393 e. The first-order valence-electron chi connectivity index (χ1n) is 6.57. The van der Waals surface area contributed by atoms with Gasteiger partial charge in [-0.15, -0.1) is 0 Å². The van der Waals surface area contributed by atoms with Crippen LogP contribution in [0.4, 0.5) is 4.39 Å². The lowest BCUT2D eigenvalue weighted by Gasteiger charge is -2.17. The predicted molar refractivity (Wildman–Crippen MR) is 85.7 cm³/mol. The Labute approximate surface area is 126 Å². The molecule has 0 amide bonds. The van der Waals surface area contributed by atoms with E-state index in [4.69, 9.17) is 4.18 Å². The second-order valence-corrected chi connectivity index (χ2v) is 12.2. The van der Waals surface area contributed by atoms with E-state index >= 15 is 0 Å². The number of hydrogen-bond acceptors (Lipinski definition) is 3. The molecule has 1 unspecified atom stereocenters. The number of para-hydroxylation sites is 1. The van der Waals surface area contributed by atoms with E-state index in [0.29, 0.717) is 10.6 Å². The first kappa shape index (κ1) is 15.7. The third-order valence-electron chi connectivity index (χ3n) is 2.46. The fourth-order valence-corrected chi connectivity index (χ4v) is 6.10. The number of nitrogens with zero attached hydrogens (tertiary/aromatic N) is 1. The van der Waals surface area contributed by atoms with E-state index in [2.05, 4.69) is 4.03 Å². The summed E-state index contributed by atoms with van der Waals surface area (Å²) in [6, 6.07) is 14.4. The molecule has 0 N–H and O–H groups in total. The molecule has 2 aromatic rings. The van der Waals surface area contributed by atoms with Gasteiger partial charge in [-0.05, 0) is 56.0 Å². The molecule has 0 fully saturated rings. The van der Waals surface area contributed by atoms with Crippen LogP contribution in [0.3, 0.4) is 0 Å². The Bertz CT molecular complexity index is 718. The van der Waals surface area contributed by atoms with Gasteiger partial charge < -0.3 is 4.18 Å². The van der Waals surface area contributed by atoms with Crippen LogP contribution in [0.15, 0.2) is 63.5 Å². The van der Waals surface area contributed by atoms with Crippen LogP contribution in [-0.2, 0) is 10.0 Å². The molecule has 0 aromatic heterocycles. The van der Waals surface area contributed by atoms with Crippen molar-refractivity contribution < 1.29 is 12.8 Å². The van der Waals surface area contributed by atoms with Gasteiger partial charge in [0.25, 0.3) is 0 Å². The fourth-order valence-electron chi connectivity index (χ4n) is 1.69. The van der Waals surface area contributed by atoms with Crippen molar-refractivity contribution in [1.29, 1.82) is 0 Å². The Morgan fingerprint density at radius 2 is 1.57 bits per heavy atom. The monoisotopic (exact) mass is 323 g/mol. The lowest BCUT2D eigenvalue weighted by atomic mass is 10.3. The number of rotatable bonds is 4. The van der Waals surface area contributed by atoms with E-state index in [-0.39, 0.29) is 5.82 Å². The van der Waals surface area contributed by atoms with E-state index in [1.807, 2.05) is 25.7 Å². The lowest BCUT2D eigenvalue weighted by molar-refractivity contribution is 0.551. The van der Waals surface area contributed by atoms with Crippen molar-refractivity contribution in [3.63, 3.8) is 0 Å². The summed E-state index contributed by atoms with van der Waals surface area (Å²) in [6.07, 6.45) is 0. The SMILES string of the molecule is C[Si](C)(C)N=S(=O)(Oc1ccccc1)c1ccc(F)cc1. The van der Waals surface area contributed by atoms with E-state index < -0.39 is 18.2 Å². The summed E-state index contributed by atoms with van der Waals surface area (Å²) in [7, 11) is -5.09. The van der Waals surface area contributed by atoms with Gasteiger partial charge in [0.1, 0.15) is 11.6 Å². The molecule has 112 valence electrons. The Balaban J connectivity index is 2.53. The number of benzene rings is 2. The molecule has 0 heterocycles. The van der Waals surface area contributed by atoms with Gasteiger partial charge in [0, 0.05) is 0 Å². The summed E-state index contributed by atoms with van der Waals surface area (Å²) in [5.41, 5.74) is 0. The lowest BCUT2D eigenvalue weighted by Crippen LogP contribution is -2.22. The van der Waals surface area contributed by atoms with E-state index in [1.54, 1.807) is 24.3 Å². The molecular formula is C15H18FNO2SSi. The zero-order chi connectivity index (χ0) is 15.5. The molecule has 1 atom stereocenters. The van der Waals surface area contributed by atoms with Crippen LogP contribution in [-0.4, -0.2) is 12.4 Å². The van der Waals surface area contributed by atoms with E-state index in [9.17, 15) is 8.60 Å². The smallest absolute Gasteiger partial charge is 0.227 e. The maximum absolute atomic E-state index is 13.2. The van der Waals surface area contributed by atoms with E-state index in [1.165, 1.54) is 24.3 Å². The third-order valence-corrected chi connectivity index (χ3v) is 6.90. The van der Waals surface area contributed by atoms with Gasteiger partial charge in [0.05, 0.1) is 4.90 Å². The molecule has 2 rings (SSSR count). The Kier molecular flexibility index (Phi) is 4.48. The second-order valence-electron chi connectivity index (χ2n) is 5.59. The standard InChI is InChI=1S/C15H18FNO2SSi/c1-21(2,3)17-20(18,15-11-9-13(16)10-12-15)19-14-7-5-4-6-8-14/h4-12H,1-3H3. The van der Waals surface area contributed by atoms with E-state index in [0.717, 1.165) is 0 Å². The Morgan fingerprint density at radius 3 is 2.10 bits per heavy atom. The minimum absolute atomic E-state index is 0.381. The van der Waals surface area contributed by atoms with Crippen molar-refractivity contribution in [1.82, 2.24) is 0 Å². The van der Waals surface area contributed by atoms with Crippen LogP contribution >= 0.6 is 0 Å². The highest BCUT2D eigenvalue weighted by Gasteiger charge is 2.22. The van der Waals surface area contributed by atoms with Gasteiger partial charge in [0.2, 0.25) is 10.0 Å². The van der Waals surface area contributed by atoms with Crippen molar-refractivity contribution in [3.05, 3.63) is 60.4 Å². The predicted octanol–water partition coefficient (Wildman–Crippen LogP) is 4.48. The van der Waals surface area contributed by atoms with Crippen LogP contribution in [0, 0.1) is 5.82 Å². The molecule has 0 aliphatic carbocycles. The highest BCUT2D eigenvalue weighted by molar-refractivity contribution is 7.90. The molecular weight excluding hydrogens is 305 g/mol. The molecule has 0 radical (unpaired) electrons. The molecule has 0 aliphatic rings. The van der Waals surface area contributed by atoms with Crippen molar-refractivity contribution in [2.75, 3.05) is 0 Å². The third kappa shape index (κ3) is 4.40. The van der Waals surface area contributed by atoms with Crippen molar-refractivity contribution in [2.24, 2.45) is 4.03 Å². The van der Waals surface area contributed by atoms with Gasteiger partial charge in [-0.2, -0.15) is 0 Å². The van der Waals surface area contributed by atoms with Crippen LogP contribution in [0.5, 0.6) is 5.75 Å².